The SMILES string of the molecule is CCNC(=O)[C@@H](C)OC(=O)Cc1csc(-c2ccc(F)cc2)n1. The molecule has 5 nitrogen and oxygen atoms in total. The van der Waals surface area contributed by atoms with Crippen molar-refractivity contribution in [1.82, 2.24) is 10.3 Å². The molecule has 23 heavy (non-hydrogen) atoms. The third-order valence-corrected chi connectivity index (χ3v) is 3.94. The first-order chi connectivity index (χ1) is 11.0. The number of halogens is 1. The maximum Gasteiger partial charge on any atom is 0.312 e. The topological polar surface area (TPSA) is 68.3 Å². The molecular weight excluding hydrogens is 319 g/mol. The average Bonchev–Trinajstić information content (AvgIpc) is 2.96. The summed E-state index contributed by atoms with van der Waals surface area (Å²) in [5, 5.41) is 5.03. The quantitative estimate of drug-likeness (QED) is 0.823. The number of carbonyl (C=O) groups excluding carboxylic acids is 2. The van der Waals surface area contributed by atoms with Crippen LogP contribution in [-0.4, -0.2) is 29.5 Å². The lowest BCUT2D eigenvalue weighted by molar-refractivity contribution is -0.154. The lowest BCUT2D eigenvalue weighted by atomic mass is 10.2. The lowest BCUT2D eigenvalue weighted by Gasteiger charge is -2.11. The van der Waals surface area contributed by atoms with Crippen molar-refractivity contribution in [3.8, 4) is 10.6 Å². The van der Waals surface area contributed by atoms with Gasteiger partial charge in [-0.15, -0.1) is 11.3 Å². The summed E-state index contributed by atoms with van der Waals surface area (Å²) in [6.07, 6.45) is -0.848. The van der Waals surface area contributed by atoms with Crippen LogP contribution in [-0.2, 0) is 20.7 Å². The average molecular weight is 336 g/mol. The van der Waals surface area contributed by atoms with Gasteiger partial charge in [0.25, 0.3) is 5.91 Å². The van der Waals surface area contributed by atoms with Crippen LogP contribution in [0.2, 0.25) is 0 Å². The zero-order chi connectivity index (χ0) is 16.8. The van der Waals surface area contributed by atoms with Crippen LogP contribution in [0.15, 0.2) is 29.6 Å². The number of carbonyl (C=O) groups is 2. The van der Waals surface area contributed by atoms with Gasteiger partial charge in [-0.3, -0.25) is 9.59 Å². The third kappa shape index (κ3) is 4.85. The fourth-order valence-corrected chi connectivity index (χ4v) is 2.70. The molecule has 1 heterocycles. The summed E-state index contributed by atoms with van der Waals surface area (Å²) in [5.41, 5.74) is 1.34. The Kier molecular flexibility index (Phi) is 5.81. The second kappa shape index (κ2) is 7.82. The number of likely N-dealkylation sites (N-methyl/N-ethyl adjacent to an activating group) is 1. The summed E-state index contributed by atoms with van der Waals surface area (Å²) in [5.74, 6) is -1.15. The molecule has 0 bridgehead atoms. The van der Waals surface area contributed by atoms with Crippen molar-refractivity contribution >= 4 is 23.2 Å². The number of nitrogens with one attached hydrogen (secondary N) is 1. The minimum atomic E-state index is -0.836. The summed E-state index contributed by atoms with van der Waals surface area (Å²) in [6.45, 7) is 3.79. The molecule has 0 saturated heterocycles. The summed E-state index contributed by atoms with van der Waals surface area (Å²) >= 11 is 1.36. The molecule has 0 aliphatic rings. The van der Waals surface area contributed by atoms with Crippen molar-refractivity contribution in [2.75, 3.05) is 6.54 Å². The van der Waals surface area contributed by atoms with Crippen molar-refractivity contribution in [2.24, 2.45) is 0 Å². The highest BCUT2D eigenvalue weighted by Crippen LogP contribution is 2.24. The van der Waals surface area contributed by atoms with Crippen molar-refractivity contribution in [1.29, 1.82) is 0 Å². The van der Waals surface area contributed by atoms with Gasteiger partial charge in [0.15, 0.2) is 6.10 Å². The van der Waals surface area contributed by atoms with Crippen molar-refractivity contribution < 1.29 is 18.7 Å². The molecule has 2 rings (SSSR count). The van der Waals surface area contributed by atoms with Crippen LogP contribution in [0, 0.1) is 5.82 Å². The predicted molar refractivity (Wildman–Crippen MR) is 85.4 cm³/mol. The van der Waals surface area contributed by atoms with Gasteiger partial charge < -0.3 is 10.1 Å². The number of hydrogen-bond donors (Lipinski definition) is 1. The number of benzene rings is 1. The van der Waals surface area contributed by atoms with Crippen LogP contribution in [0.1, 0.15) is 19.5 Å². The number of ether oxygens (including phenoxy) is 1. The summed E-state index contributed by atoms with van der Waals surface area (Å²) in [7, 11) is 0. The Morgan fingerprint density at radius 1 is 1.35 bits per heavy atom. The fraction of sp³-hybridized carbons (Fsp3) is 0.312. The van der Waals surface area contributed by atoms with E-state index in [4.69, 9.17) is 4.74 Å². The van der Waals surface area contributed by atoms with Gasteiger partial charge in [0, 0.05) is 17.5 Å². The van der Waals surface area contributed by atoms with Gasteiger partial charge in [-0.2, -0.15) is 0 Å². The van der Waals surface area contributed by atoms with Gasteiger partial charge in [0.05, 0.1) is 12.1 Å². The van der Waals surface area contributed by atoms with Gasteiger partial charge in [0.2, 0.25) is 0 Å². The Morgan fingerprint density at radius 3 is 2.70 bits per heavy atom. The number of amides is 1. The maximum absolute atomic E-state index is 12.9. The molecule has 0 aliphatic carbocycles. The van der Waals surface area contributed by atoms with E-state index in [1.807, 2.05) is 0 Å². The standard InChI is InChI=1S/C16H17FN2O3S/c1-3-18-15(21)10(2)22-14(20)8-13-9-23-16(19-13)11-4-6-12(17)7-5-11/h4-7,9-10H,3,8H2,1-2H3,(H,18,21)/t10-/m1/s1. The maximum atomic E-state index is 12.9. The molecule has 0 spiro atoms. The molecule has 0 fully saturated rings. The monoisotopic (exact) mass is 336 g/mol. The number of nitrogens with zero attached hydrogens (tertiary/aromatic N) is 1. The van der Waals surface area contributed by atoms with E-state index in [0.29, 0.717) is 17.2 Å². The first-order valence-corrected chi connectivity index (χ1v) is 8.05. The molecule has 7 heteroatoms. The molecule has 1 amide bonds. The van der Waals surface area contributed by atoms with Crippen molar-refractivity contribution in [3.05, 3.63) is 41.2 Å². The number of thiazole rings is 1. The second-order valence-corrected chi connectivity index (χ2v) is 5.71. The van der Waals surface area contributed by atoms with E-state index in [1.54, 1.807) is 24.4 Å². The molecule has 0 radical (unpaired) electrons. The minimum Gasteiger partial charge on any atom is -0.452 e. The Morgan fingerprint density at radius 2 is 2.04 bits per heavy atom. The normalized spacial score (nSPS) is 11.8. The molecule has 0 aliphatic heterocycles. The highest BCUT2D eigenvalue weighted by molar-refractivity contribution is 7.13. The van der Waals surface area contributed by atoms with E-state index in [1.165, 1.54) is 30.4 Å². The lowest BCUT2D eigenvalue weighted by Crippen LogP contribution is -2.35. The Hall–Kier alpha value is -2.28. The smallest absolute Gasteiger partial charge is 0.312 e. The van der Waals surface area contributed by atoms with E-state index in [2.05, 4.69) is 10.3 Å². The Bertz CT molecular complexity index is 685. The molecule has 1 aromatic carbocycles. The molecule has 1 atom stereocenters. The first-order valence-electron chi connectivity index (χ1n) is 7.17. The van der Waals surface area contributed by atoms with Crippen molar-refractivity contribution in [3.63, 3.8) is 0 Å². The van der Waals surface area contributed by atoms with Gasteiger partial charge in [-0.1, -0.05) is 0 Å². The third-order valence-electron chi connectivity index (χ3n) is 3.00. The molecule has 0 unspecified atom stereocenters. The Labute approximate surface area is 137 Å². The Balaban J connectivity index is 1.95. The summed E-state index contributed by atoms with van der Waals surface area (Å²) in [6, 6.07) is 5.98. The molecular formula is C16H17FN2O3S. The highest BCUT2D eigenvalue weighted by Gasteiger charge is 2.18. The number of esters is 1. The molecule has 1 aromatic heterocycles. The largest absolute Gasteiger partial charge is 0.452 e. The van der Waals surface area contributed by atoms with Crippen LogP contribution in [0.4, 0.5) is 4.39 Å². The summed E-state index contributed by atoms with van der Waals surface area (Å²) in [4.78, 5) is 27.7. The van der Waals surface area contributed by atoms with E-state index in [0.717, 1.165) is 5.56 Å². The van der Waals surface area contributed by atoms with Crippen molar-refractivity contribution in [2.45, 2.75) is 26.4 Å². The van der Waals surface area contributed by atoms with Gasteiger partial charge >= 0.3 is 5.97 Å². The fourth-order valence-electron chi connectivity index (χ4n) is 1.87. The number of aromatic nitrogens is 1. The van der Waals surface area contributed by atoms with Gasteiger partial charge in [-0.25, -0.2) is 9.37 Å². The minimum absolute atomic E-state index is 0.0125. The number of hydrogen-bond acceptors (Lipinski definition) is 5. The van der Waals surface area contributed by atoms with E-state index in [-0.39, 0.29) is 18.1 Å². The van der Waals surface area contributed by atoms with Crippen LogP contribution < -0.4 is 5.32 Å². The molecule has 122 valence electrons. The zero-order valence-electron chi connectivity index (χ0n) is 12.8. The van der Waals surface area contributed by atoms with Gasteiger partial charge in [0.1, 0.15) is 10.8 Å². The first kappa shape index (κ1) is 17.1. The van der Waals surface area contributed by atoms with E-state index >= 15 is 0 Å². The second-order valence-electron chi connectivity index (χ2n) is 4.85. The predicted octanol–water partition coefficient (Wildman–Crippen LogP) is 2.56. The van der Waals surface area contributed by atoms with Crippen LogP contribution >= 0.6 is 11.3 Å². The molecule has 1 N–H and O–H groups in total. The summed E-state index contributed by atoms with van der Waals surface area (Å²) < 4.78 is 18.0. The van der Waals surface area contributed by atoms with E-state index < -0.39 is 12.1 Å². The molecule has 2 aromatic rings. The van der Waals surface area contributed by atoms with E-state index in [9.17, 15) is 14.0 Å². The van der Waals surface area contributed by atoms with Gasteiger partial charge in [-0.05, 0) is 38.1 Å². The van der Waals surface area contributed by atoms with Crippen LogP contribution in [0.25, 0.3) is 10.6 Å². The zero-order valence-corrected chi connectivity index (χ0v) is 13.7. The van der Waals surface area contributed by atoms with Crippen LogP contribution in [0.5, 0.6) is 0 Å². The highest BCUT2D eigenvalue weighted by atomic mass is 32.1. The number of rotatable bonds is 6. The van der Waals surface area contributed by atoms with Crippen LogP contribution in [0.3, 0.4) is 0 Å². The molecule has 0 saturated carbocycles.